The molecule has 0 saturated heterocycles. The number of carbonyl (C=O) groups excluding carboxylic acids is 1. The van der Waals surface area contributed by atoms with Crippen molar-refractivity contribution in [3.8, 4) is 0 Å². The van der Waals surface area contributed by atoms with Crippen molar-refractivity contribution in [2.75, 3.05) is 25.2 Å². The van der Waals surface area contributed by atoms with Crippen LogP contribution >= 0.6 is 11.3 Å². The Bertz CT molecular complexity index is 759. The van der Waals surface area contributed by atoms with Crippen LogP contribution in [0.1, 0.15) is 37.0 Å². The van der Waals surface area contributed by atoms with Gasteiger partial charge in [-0.05, 0) is 37.8 Å². The topological polar surface area (TPSA) is 89.0 Å². The summed E-state index contributed by atoms with van der Waals surface area (Å²) in [6.45, 7) is 2.28. The van der Waals surface area contributed by atoms with E-state index in [1.54, 1.807) is 11.1 Å². The van der Waals surface area contributed by atoms with Gasteiger partial charge >= 0.3 is 12.1 Å². The van der Waals surface area contributed by atoms with E-state index in [9.17, 15) is 9.59 Å². The maximum absolute atomic E-state index is 12.7. The monoisotopic (exact) mass is 420 g/mol. The number of nitrogens with zero attached hydrogens (tertiary/aromatic N) is 2. The summed E-state index contributed by atoms with van der Waals surface area (Å²) in [5.41, 5.74) is 0.787. The molecule has 1 aliphatic carbocycles. The number of ether oxygens (including phenoxy) is 2. The number of rotatable bonds is 6. The summed E-state index contributed by atoms with van der Waals surface area (Å²) in [6, 6.07) is 9.56. The van der Waals surface area contributed by atoms with E-state index in [-0.39, 0.29) is 12.7 Å². The Hall–Kier alpha value is -2.45. The first-order valence-corrected chi connectivity index (χ1v) is 10.5. The molecule has 1 N–H and O–H groups in total. The Labute approximate surface area is 175 Å². The molecule has 0 unspecified atom stereocenters. The Kier molecular flexibility index (Phi) is 9.59. The molecule has 0 aliphatic heterocycles. The first-order valence-electron chi connectivity index (χ1n) is 9.66. The number of aryl methyl sites for hydroxylation is 1. The number of aliphatic carboxylic acids is 1. The third-order valence-electron chi connectivity index (χ3n) is 4.43. The number of amides is 1. The molecule has 1 aromatic carbocycles. The number of hydrogen-bond acceptors (Lipinski definition) is 6. The van der Waals surface area contributed by atoms with E-state index >= 15 is 0 Å². The van der Waals surface area contributed by atoms with E-state index in [4.69, 9.17) is 9.84 Å². The smallest absolute Gasteiger partial charge is 0.420 e. The van der Waals surface area contributed by atoms with Gasteiger partial charge in [0.25, 0.3) is 0 Å². The van der Waals surface area contributed by atoms with Gasteiger partial charge < -0.3 is 14.6 Å². The van der Waals surface area contributed by atoms with Crippen molar-refractivity contribution < 1.29 is 24.2 Å². The second-order valence-electron chi connectivity index (χ2n) is 6.83. The Morgan fingerprint density at radius 1 is 1.21 bits per heavy atom. The van der Waals surface area contributed by atoms with Crippen LogP contribution in [-0.4, -0.2) is 42.5 Å². The van der Waals surface area contributed by atoms with Crippen LogP contribution in [0.15, 0.2) is 36.5 Å². The number of carboxylic acid groups (broad SMARTS) is 1. The van der Waals surface area contributed by atoms with E-state index in [1.165, 1.54) is 37.7 Å². The molecule has 3 rings (SSSR count). The fraction of sp³-hybridized carbons (Fsp3) is 0.476. The number of benzene rings is 1. The van der Waals surface area contributed by atoms with Gasteiger partial charge in [-0.2, -0.15) is 0 Å². The number of thiazole rings is 1. The van der Waals surface area contributed by atoms with Crippen molar-refractivity contribution in [3.05, 3.63) is 41.4 Å². The van der Waals surface area contributed by atoms with Crippen molar-refractivity contribution >= 4 is 34.2 Å². The summed E-state index contributed by atoms with van der Waals surface area (Å²) in [5.74, 6) is -0.430. The molecule has 0 radical (unpaired) electrons. The summed E-state index contributed by atoms with van der Waals surface area (Å²) in [6.07, 6.45) is 7.57. The molecule has 8 heteroatoms. The van der Waals surface area contributed by atoms with Gasteiger partial charge in [-0.3, -0.25) is 0 Å². The van der Waals surface area contributed by atoms with Crippen molar-refractivity contribution in [2.24, 2.45) is 5.92 Å². The molecule has 1 amide bonds. The van der Waals surface area contributed by atoms with Crippen molar-refractivity contribution in [3.63, 3.8) is 0 Å². The van der Waals surface area contributed by atoms with Crippen molar-refractivity contribution in [1.82, 2.24) is 4.98 Å². The number of anilines is 2. The molecule has 1 fully saturated rings. The predicted octanol–water partition coefficient (Wildman–Crippen LogP) is 5.02. The highest BCUT2D eigenvalue weighted by atomic mass is 32.1. The normalized spacial score (nSPS) is 13.9. The lowest BCUT2D eigenvalue weighted by Gasteiger charge is -2.24. The molecule has 29 heavy (non-hydrogen) atoms. The van der Waals surface area contributed by atoms with Gasteiger partial charge in [0.2, 0.25) is 0 Å². The van der Waals surface area contributed by atoms with Crippen LogP contribution in [0.5, 0.6) is 0 Å². The van der Waals surface area contributed by atoms with Crippen LogP contribution in [0.4, 0.5) is 15.6 Å². The maximum atomic E-state index is 12.7. The highest BCUT2D eigenvalue weighted by Gasteiger charge is 2.24. The van der Waals surface area contributed by atoms with Gasteiger partial charge in [0.05, 0.1) is 12.3 Å². The molecular formula is C21H28N2O5S. The molecule has 0 bridgehead atoms. The number of para-hydroxylation sites is 1. The minimum absolute atomic E-state index is 0.208. The highest BCUT2D eigenvalue weighted by Crippen LogP contribution is 2.30. The molecule has 158 valence electrons. The lowest BCUT2D eigenvalue weighted by molar-refractivity contribution is -0.141. The molecule has 1 aromatic heterocycles. The highest BCUT2D eigenvalue weighted by molar-refractivity contribution is 7.15. The number of aromatic nitrogens is 1. The van der Waals surface area contributed by atoms with E-state index in [0.717, 1.165) is 23.4 Å². The molecule has 0 spiro atoms. The second-order valence-corrected chi connectivity index (χ2v) is 8.05. The first kappa shape index (κ1) is 22.8. The van der Waals surface area contributed by atoms with Gasteiger partial charge in [-0.15, -0.1) is 11.3 Å². The lowest BCUT2D eigenvalue weighted by atomic mass is 9.90. The maximum Gasteiger partial charge on any atom is 0.420 e. The third kappa shape index (κ3) is 7.83. The Morgan fingerprint density at radius 2 is 1.90 bits per heavy atom. The zero-order chi connectivity index (χ0) is 21.1. The first-order chi connectivity index (χ1) is 14.0. The number of carboxylic acids is 1. The Balaban J connectivity index is 0.000000438. The minimum Gasteiger partial charge on any atom is -0.480 e. The molecule has 2 aromatic rings. The molecule has 0 atom stereocenters. The van der Waals surface area contributed by atoms with Crippen LogP contribution in [0.25, 0.3) is 0 Å². The lowest BCUT2D eigenvalue weighted by Crippen LogP contribution is -2.29. The van der Waals surface area contributed by atoms with E-state index in [1.807, 2.05) is 37.3 Å². The number of carbonyl (C=O) groups is 2. The van der Waals surface area contributed by atoms with E-state index in [2.05, 4.69) is 9.72 Å². The summed E-state index contributed by atoms with van der Waals surface area (Å²) >= 11 is 1.49. The average Bonchev–Trinajstić information content (AvgIpc) is 3.14. The van der Waals surface area contributed by atoms with Crippen LogP contribution < -0.4 is 4.90 Å². The van der Waals surface area contributed by atoms with E-state index in [0.29, 0.717) is 17.7 Å². The molecule has 7 nitrogen and oxygen atoms in total. The summed E-state index contributed by atoms with van der Waals surface area (Å²) in [7, 11) is 1.34. The average molecular weight is 421 g/mol. The predicted molar refractivity (Wildman–Crippen MR) is 113 cm³/mol. The van der Waals surface area contributed by atoms with Crippen molar-refractivity contribution in [1.29, 1.82) is 0 Å². The fourth-order valence-electron chi connectivity index (χ4n) is 3.05. The standard InChI is InChI=1S/C18H22N2O2S.C3H6O3/c1-14-12-19-17(23-14)20(16-10-6-3-7-11-16)18(21)22-13-15-8-4-2-5-9-15;1-6-2-3(4)5/h3,6-7,10-12,15H,2,4-5,8-9,13H2,1H3;2H2,1H3,(H,4,5). The van der Waals surface area contributed by atoms with Crippen LogP contribution in [0, 0.1) is 12.8 Å². The van der Waals surface area contributed by atoms with Crippen LogP contribution in [0.3, 0.4) is 0 Å². The third-order valence-corrected chi connectivity index (χ3v) is 5.33. The number of hydrogen-bond donors (Lipinski definition) is 1. The zero-order valence-electron chi connectivity index (χ0n) is 16.9. The van der Waals surface area contributed by atoms with Gasteiger partial charge in [-0.25, -0.2) is 19.5 Å². The van der Waals surface area contributed by atoms with Gasteiger partial charge in [0.15, 0.2) is 5.13 Å². The summed E-state index contributed by atoms with van der Waals surface area (Å²) in [4.78, 5) is 29.1. The largest absolute Gasteiger partial charge is 0.480 e. The van der Waals surface area contributed by atoms with Crippen LogP contribution in [-0.2, 0) is 14.3 Å². The zero-order valence-corrected chi connectivity index (χ0v) is 17.7. The van der Waals surface area contributed by atoms with E-state index < -0.39 is 5.97 Å². The molecule has 1 aliphatic rings. The minimum atomic E-state index is -0.933. The molecule has 1 heterocycles. The van der Waals surface area contributed by atoms with Gasteiger partial charge in [0, 0.05) is 18.2 Å². The van der Waals surface area contributed by atoms with Gasteiger partial charge in [-0.1, -0.05) is 37.5 Å². The fourth-order valence-corrected chi connectivity index (χ4v) is 3.82. The SMILES string of the molecule is COCC(=O)O.Cc1cnc(N(C(=O)OCC2CCCCC2)c2ccccc2)s1. The van der Waals surface area contributed by atoms with Crippen LogP contribution in [0.2, 0.25) is 0 Å². The summed E-state index contributed by atoms with van der Waals surface area (Å²) in [5, 5.41) is 8.44. The molecule has 1 saturated carbocycles. The second kappa shape index (κ2) is 12.2. The quantitative estimate of drug-likeness (QED) is 0.705. The Morgan fingerprint density at radius 3 is 2.41 bits per heavy atom. The van der Waals surface area contributed by atoms with Crippen molar-refractivity contribution in [2.45, 2.75) is 39.0 Å². The number of methoxy groups -OCH3 is 1. The summed E-state index contributed by atoms with van der Waals surface area (Å²) < 4.78 is 9.82. The van der Waals surface area contributed by atoms with Gasteiger partial charge in [0.1, 0.15) is 6.61 Å². The molecular weight excluding hydrogens is 392 g/mol.